The summed E-state index contributed by atoms with van der Waals surface area (Å²) in [7, 11) is 0. The van der Waals surface area contributed by atoms with Crippen molar-refractivity contribution in [1.29, 1.82) is 0 Å². The van der Waals surface area contributed by atoms with E-state index in [0.29, 0.717) is 5.41 Å². The first kappa shape index (κ1) is 12.2. The predicted molar refractivity (Wildman–Crippen MR) is 76.9 cm³/mol. The first-order valence-electron chi connectivity index (χ1n) is 7.54. The van der Waals surface area contributed by atoms with Crippen LogP contribution in [0.15, 0.2) is 18.2 Å². The SMILES string of the molecule is O=C(Nc1ccc2c(c1)CCO2)C1CC12CCNCC2. The minimum absolute atomic E-state index is 0.200. The lowest BCUT2D eigenvalue weighted by atomic mass is 9.92. The molecule has 4 heteroatoms. The second kappa shape index (κ2) is 4.48. The number of rotatable bonds is 2. The maximum absolute atomic E-state index is 12.4. The van der Waals surface area contributed by atoms with Crippen molar-refractivity contribution >= 4 is 11.6 Å². The van der Waals surface area contributed by atoms with E-state index >= 15 is 0 Å². The zero-order valence-electron chi connectivity index (χ0n) is 11.6. The number of amides is 1. The summed E-state index contributed by atoms with van der Waals surface area (Å²) in [5, 5.41) is 6.46. The molecule has 4 rings (SSSR count). The van der Waals surface area contributed by atoms with E-state index in [9.17, 15) is 4.79 Å². The first-order valence-corrected chi connectivity index (χ1v) is 7.54. The Balaban J connectivity index is 1.43. The predicted octanol–water partition coefficient (Wildman–Crippen LogP) is 1.95. The average Bonchev–Trinajstić information content (AvgIpc) is 2.96. The fraction of sp³-hybridized carbons (Fsp3) is 0.562. The Morgan fingerprint density at radius 2 is 2.20 bits per heavy atom. The smallest absolute Gasteiger partial charge is 0.228 e. The van der Waals surface area contributed by atoms with Crippen molar-refractivity contribution in [3.8, 4) is 5.75 Å². The van der Waals surface area contributed by atoms with Gasteiger partial charge in [0.1, 0.15) is 5.75 Å². The number of benzene rings is 1. The van der Waals surface area contributed by atoms with Crippen LogP contribution in [-0.2, 0) is 11.2 Å². The highest BCUT2D eigenvalue weighted by atomic mass is 16.5. The molecule has 2 fully saturated rings. The van der Waals surface area contributed by atoms with Crippen molar-refractivity contribution in [2.24, 2.45) is 11.3 Å². The highest BCUT2D eigenvalue weighted by Crippen LogP contribution is 2.58. The Labute approximate surface area is 118 Å². The molecule has 1 aromatic rings. The Hall–Kier alpha value is -1.55. The number of nitrogens with one attached hydrogen (secondary N) is 2. The van der Waals surface area contributed by atoms with Gasteiger partial charge in [0.2, 0.25) is 5.91 Å². The van der Waals surface area contributed by atoms with Gasteiger partial charge in [-0.3, -0.25) is 4.79 Å². The standard InChI is InChI=1S/C16H20N2O2/c19-15(13-10-16(13)4-6-17-7-5-16)18-12-1-2-14-11(9-12)3-8-20-14/h1-2,9,13,17H,3-8,10H2,(H,18,19). The second-order valence-electron chi connectivity index (χ2n) is 6.28. The summed E-state index contributed by atoms with van der Waals surface area (Å²) in [5.74, 6) is 1.38. The fourth-order valence-electron chi connectivity index (χ4n) is 3.69. The zero-order chi connectivity index (χ0) is 13.6. The minimum atomic E-state index is 0.200. The van der Waals surface area contributed by atoms with Gasteiger partial charge < -0.3 is 15.4 Å². The van der Waals surface area contributed by atoms with Crippen LogP contribution in [-0.4, -0.2) is 25.6 Å². The third kappa shape index (κ3) is 1.99. The third-order valence-electron chi connectivity index (χ3n) is 5.06. The van der Waals surface area contributed by atoms with Gasteiger partial charge in [-0.05, 0) is 61.5 Å². The molecule has 2 heterocycles. The summed E-state index contributed by atoms with van der Waals surface area (Å²) < 4.78 is 5.49. The van der Waals surface area contributed by atoms with E-state index in [4.69, 9.17) is 4.74 Å². The van der Waals surface area contributed by atoms with Crippen LogP contribution < -0.4 is 15.4 Å². The summed E-state index contributed by atoms with van der Waals surface area (Å²) >= 11 is 0. The van der Waals surface area contributed by atoms with Crippen molar-refractivity contribution in [3.05, 3.63) is 23.8 Å². The summed E-state index contributed by atoms with van der Waals surface area (Å²) in [5.41, 5.74) is 2.42. The van der Waals surface area contributed by atoms with Crippen LogP contribution in [0.4, 0.5) is 5.69 Å². The van der Waals surface area contributed by atoms with Crippen molar-refractivity contribution in [3.63, 3.8) is 0 Å². The quantitative estimate of drug-likeness (QED) is 0.865. The fourth-order valence-corrected chi connectivity index (χ4v) is 3.69. The first-order chi connectivity index (χ1) is 9.77. The number of hydrogen-bond acceptors (Lipinski definition) is 3. The molecule has 0 aromatic heterocycles. The van der Waals surface area contributed by atoms with Crippen molar-refractivity contribution in [2.45, 2.75) is 25.7 Å². The number of anilines is 1. The van der Waals surface area contributed by atoms with Gasteiger partial charge in [-0.2, -0.15) is 0 Å². The topological polar surface area (TPSA) is 50.4 Å². The molecule has 2 N–H and O–H groups in total. The molecule has 1 unspecified atom stereocenters. The van der Waals surface area contributed by atoms with Gasteiger partial charge in [0, 0.05) is 18.0 Å². The molecule has 1 aromatic carbocycles. The van der Waals surface area contributed by atoms with Gasteiger partial charge in [0.05, 0.1) is 6.61 Å². The Kier molecular flexibility index (Phi) is 2.74. The maximum Gasteiger partial charge on any atom is 0.228 e. The van der Waals surface area contributed by atoms with E-state index in [2.05, 4.69) is 16.7 Å². The third-order valence-corrected chi connectivity index (χ3v) is 5.06. The molecule has 1 aliphatic carbocycles. The highest BCUT2D eigenvalue weighted by molar-refractivity contribution is 5.95. The Bertz CT molecular complexity index is 549. The molecule has 4 nitrogen and oxygen atoms in total. The number of carbonyl (C=O) groups is 1. The van der Waals surface area contributed by atoms with Gasteiger partial charge >= 0.3 is 0 Å². The molecular weight excluding hydrogens is 252 g/mol. The molecule has 1 atom stereocenters. The van der Waals surface area contributed by atoms with Crippen molar-refractivity contribution in [1.82, 2.24) is 5.32 Å². The van der Waals surface area contributed by atoms with Gasteiger partial charge in [-0.1, -0.05) is 0 Å². The molecule has 106 valence electrons. The van der Waals surface area contributed by atoms with E-state index in [1.807, 2.05) is 12.1 Å². The molecule has 20 heavy (non-hydrogen) atoms. The summed E-state index contributed by atoms with van der Waals surface area (Å²) in [4.78, 5) is 12.4. The molecule has 1 saturated heterocycles. The van der Waals surface area contributed by atoms with E-state index < -0.39 is 0 Å². The molecule has 0 bridgehead atoms. The van der Waals surface area contributed by atoms with Crippen LogP contribution in [0.5, 0.6) is 5.75 Å². The average molecular weight is 272 g/mol. The zero-order valence-corrected chi connectivity index (χ0v) is 11.6. The van der Waals surface area contributed by atoms with Crippen molar-refractivity contribution < 1.29 is 9.53 Å². The van der Waals surface area contributed by atoms with Crippen LogP contribution in [0, 0.1) is 11.3 Å². The number of piperidine rings is 1. The highest BCUT2D eigenvalue weighted by Gasteiger charge is 2.57. The van der Waals surface area contributed by atoms with Crippen molar-refractivity contribution in [2.75, 3.05) is 25.0 Å². The van der Waals surface area contributed by atoms with E-state index in [1.165, 1.54) is 5.56 Å². The van der Waals surface area contributed by atoms with Gasteiger partial charge in [0.25, 0.3) is 0 Å². The van der Waals surface area contributed by atoms with Gasteiger partial charge in [-0.25, -0.2) is 0 Å². The van der Waals surface area contributed by atoms with E-state index in [0.717, 1.165) is 56.8 Å². The lowest BCUT2D eigenvalue weighted by Crippen LogP contribution is -2.31. The van der Waals surface area contributed by atoms with Gasteiger partial charge in [0.15, 0.2) is 0 Å². The van der Waals surface area contributed by atoms with Crippen LogP contribution in [0.1, 0.15) is 24.8 Å². The monoisotopic (exact) mass is 272 g/mol. The normalized spacial score (nSPS) is 25.9. The molecule has 1 saturated carbocycles. The number of carbonyl (C=O) groups excluding carboxylic acids is 1. The molecule has 3 aliphatic rings. The number of fused-ring (bicyclic) bond motifs is 1. The molecule has 0 radical (unpaired) electrons. The second-order valence-corrected chi connectivity index (χ2v) is 6.28. The van der Waals surface area contributed by atoms with Crippen LogP contribution in [0.25, 0.3) is 0 Å². The summed E-state index contributed by atoms with van der Waals surface area (Å²) in [6.07, 6.45) is 4.29. The lowest BCUT2D eigenvalue weighted by Gasteiger charge is -2.23. The van der Waals surface area contributed by atoms with E-state index in [1.54, 1.807) is 0 Å². The van der Waals surface area contributed by atoms with Crippen LogP contribution in [0.3, 0.4) is 0 Å². The molecule has 1 spiro atoms. The minimum Gasteiger partial charge on any atom is -0.493 e. The van der Waals surface area contributed by atoms with Crippen LogP contribution >= 0.6 is 0 Å². The van der Waals surface area contributed by atoms with Gasteiger partial charge in [-0.15, -0.1) is 0 Å². The maximum atomic E-state index is 12.4. The lowest BCUT2D eigenvalue weighted by molar-refractivity contribution is -0.118. The summed E-state index contributed by atoms with van der Waals surface area (Å²) in [6, 6.07) is 5.96. The van der Waals surface area contributed by atoms with Crippen LogP contribution in [0.2, 0.25) is 0 Å². The largest absolute Gasteiger partial charge is 0.493 e. The van der Waals surface area contributed by atoms with E-state index in [-0.39, 0.29) is 11.8 Å². The summed E-state index contributed by atoms with van der Waals surface area (Å²) in [6.45, 7) is 2.87. The number of hydrogen-bond donors (Lipinski definition) is 2. The molecule has 1 amide bonds. The Morgan fingerprint density at radius 1 is 1.35 bits per heavy atom. The molecular formula is C16H20N2O2. The Morgan fingerprint density at radius 3 is 3.05 bits per heavy atom. The molecule has 2 aliphatic heterocycles. The number of ether oxygens (including phenoxy) is 1.